The Bertz CT molecular complexity index is 608. The molecule has 0 saturated carbocycles. The van der Waals surface area contributed by atoms with Gasteiger partial charge in [-0.1, -0.05) is 30.3 Å². The number of aryl methyl sites for hydroxylation is 3. The molecule has 0 aliphatic carbocycles. The minimum atomic E-state index is -0.0113. The van der Waals surface area contributed by atoms with Crippen LogP contribution in [0, 0.1) is 6.92 Å². The van der Waals surface area contributed by atoms with E-state index in [0.717, 1.165) is 35.0 Å². The normalized spacial score (nSPS) is 10.9. The fourth-order valence-electron chi connectivity index (χ4n) is 2.14. The van der Waals surface area contributed by atoms with Gasteiger partial charge in [0, 0.05) is 19.5 Å². The van der Waals surface area contributed by atoms with Crippen molar-refractivity contribution in [3.05, 3.63) is 51.5 Å². The average molecular weight is 317 g/mol. The van der Waals surface area contributed by atoms with E-state index in [4.69, 9.17) is 0 Å². The van der Waals surface area contributed by atoms with Gasteiger partial charge in [0.15, 0.2) is 0 Å². The minimum Gasteiger partial charge on any atom is -0.350 e. The summed E-state index contributed by atoms with van der Waals surface area (Å²) in [6, 6.07) is 10.4. The van der Waals surface area contributed by atoms with Crippen LogP contribution < -0.4 is 5.32 Å². The number of rotatable bonds is 7. The van der Waals surface area contributed by atoms with Gasteiger partial charge in [-0.15, -0.1) is 11.3 Å². The number of likely N-dealkylation sites (N-methyl/N-ethyl adjacent to an activating group) is 1. The second kappa shape index (κ2) is 8.06. The molecule has 0 saturated heterocycles. The highest BCUT2D eigenvalue weighted by Crippen LogP contribution is 2.19. The van der Waals surface area contributed by atoms with Crippen LogP contribution in [0.25, 0.3) is 0 Å². The van der Waals surface area contributed by atoms with Crippen LogP contribution in [-0.2, 0) is 12.8 Å². The highest BCUT2D eigenvalue weighted by atomic mass is 32.1. The van der Waals surface area contributed by atoms with E-state index in [1.54, 1.807) is 0 Å². The van der Waals surface area contributed by atoms with Gasteiger partial charge in [-0.2, -0.15) is 0 Å². The molecule has 0 unspecified atom stereocenters. The molecule has 1 aromatic heterocycles. The molecule has 118 valence electrons. The fraction of sp³-hybridized carbons (Fsp3) is 0.412. The summed E-state index contributed by atoms with van der Waals surface area (Å²) in [6.45, 7) is 3.40. The first-order valence-corrected chi connectivity index (χ1v) is 8.31. The van der Waals surface area contributed by atoms with Crippen molar-refractivity contribution < 1.29 is 4.79 Å². The Morgan fingerprint density at radius 1 is 1.23 bits per heavy atom. The van der Waals surface area contributed by atoms with E-state index < -0.39 is 0 Å². The second-order valence-electron chi connectivity index (χ2n) is 5.57. The van der Waals surface area contributed by atoms with Crippen LogP contribution in [0.5, 0.6) is 0 Å². The summed E-state index contributed by atoms with van der Waals surface area (Å²) >= 11 is 1.51. The molecule has 5 heteroatoms. The van der Waals surface area contributed by atoms with E-state index in [0.29, 0.717) is 6.54 Å². The third-order valence-electron chi connectivity index (χ3n) is 3.36. The van der Waals surface area contributed by atoms with Crippen LogP contribution in [-0.4, -0.2) is 43.0 Å². The zero-order valence-corrected chi connectivity index (χ0v) is 14.2. The number of carbonyl (C=O) groups is 1. The van der Waals surface area contributed by atoms with Crippen molar-refractivity contribution in [2.24, 2.45) is 0 Å². The zero-order valence-electron chi connectivity index (χ0n) is 13.4. The maximum atomic E-state index is 12.2. The summed E-state index contributed by atoms with van der Waals surface area (Å²) < 4.78 is 0. The maximum absolute atomic E-state index is 12.2. The van der Waals surface area contributed by atoms with Gasteiger partial charge in [0.25, 0.3) is 5.91 Å². The van der Waals surface area contributed by atoms with Gasteiger partial charge in [-0.25, -0.2) is 4.98 Å². The van der Waals surface area contributed by atoms with E-state index in [-0.39, 0.29) is 5.91 Å². The Labute approximate surface area is 136 Å². The Morgan fingerprint density at radius 2 is 1.95 bits per heavy atom. The van der Waals surface area contributed by atoms with E-state index in [9.17, 15) is 4.79 Å². The Kier molecular flexibility index (Phi) is 6.10. The summed E-state index contributed by atoms with van der Waals surface area (Å²) in [5.41, 5.74) is 2.13. The minimum absolute atomic E-state index is 0.0113. The van der Waals surface area contributed by atoms with Gasteiger partial charge in [0.2, 0.25) is 0 Å². The fourth-order valence-corrected chi connectivity index (χ4v) is 3.12. The van der Waals surface area contributed by atoms with Crippen molar-refractivity contribution in [1.29, 1.82) is 0 Å². The molecule has 0 radical (unpaired) electrons. The van der Waals surface area contributed by atoms with E-state index in [2.05, 4.69) is 22.4 Å². The van der Waals surface area contributed by atoms with Gasteiger partial charge in [0.1, 0.15) is 4.88 Å². The molecule has 0 fully saturated rings. The SMILES string of the molecule is Cc1nc(CCc2ccccc2)sc1C(=O)NCCN(C)C. The molecule has 0 aliphatic heterocycles. The maximum Gasteiger partial charge on any atom is 0.263 e. The van der Waals surface area contributed by atoms with Crippen LogP contribution in [0.4, 0.5) is 0 Å². The number of nitrogens with zero attached hydrogens (tertiary/aromatic N) is 2. The second-order valence-corrected chi connectivity index (χ2v) is 6.65. The number of carbonyl (C=O) groups excluding carboxylic acids is 1. The van der Waals surface area contributed by atoms with Gasteiger partial charge < -0.3 is 10.2 Å². The Hall–Kier alpha value is -1.72. The number of aromatic nitrogens is 1. The van der Waals surface area contributed by atoms with Crippen LogP contribution in [0.2, 0.25) is 0 Å². The number of amides is 1. The van der Waals surface area contributed by atoms with Gasteiger partial charge in [-0.05, 0) is 33.0 Å². The third kappa shape index (κ3) is 4.93. The summed E-state index contributed by atoms with van der Waals surface area (Å²) in [4.78, 5) is 19.5. The molecular weight excluding hydrogens is 294 g/mol. The van der Waals surface area contributed by atoms with Crippen molar-refractivity contribution in [1.82, 2.24) is 15.2 Å². The summed E-state index contributed by atoms with van der Waals surface area (Å²) in [6.07, 6.45) is 1.83. The topological polar surface area (TPSA) is 45.2 Å². The quantitative estimate of drug-likeness (QED) is 0.853. The monoisotopic (exact) mass is 317 g/mol. The van der Waals surface area contributed by atoms with Crippen LogP contribution in [0.15, 0.2) is 30.3 Å². The van der Waals surface area contributed by atoms with Crippen molar-refractivity contribution in [3.8, 4) is 0 Å². The van der Waals surface area contributed by atoms with Crippen molar-refractivity contribution in [2.75, 3.05) is 27.2 Å². The molecular formula is C17H23N3OS. The standard InChI is InChI=1S/C17H23N3OS/c1-13-16(17(21)18-11-12-20(2)3)22-15(19-13)10-9-14-7-5-4-6-8-14/h4-8H,9-12H2,1-3H3,(H,18,21). The van der Waals surface area contributed by atoms with Crippen molar-refractivity contribution in [3.63, 3.8) is 0 Å². The first-order chi connectivity index (χ1) is 10.6. The molecule has 1 amide bonds. The zero-order chi connectivity index (χ0) is 15.9. The Balaban J connectivity index is 1.91. The number of thiazole rings is 1. The predicted molar refractivity (Wildman–Crippen MR) is 91.6 cm³/mol. The van der Waals surface area contributed by atoms with Crippen LogP contribution >= 0.6 is 11.3 Å². The van der Waals surface area contributed by atoms with Crippen molar-refractivity contribution in [2.45, 2.75) is 19.8 Å². The molecule has 0 bridgehead atoms. The Morgan fingerprint density at radius 3 is 2.64 bits per heavy atom. The highest BCUT2D eigenvalue weighted by Gasteiger charge is 2.14. The lowest BCUT2D eigenvalue weighted by molar-refractivity contribution is 0.0954. The van der Waals surface area contributed by atoms with E-state index in [1.165, 1.54) is 16.9 Å². The lowest BCUT2D eigenvalue weighted by Crippen LogP contribution is -2.31. The molecule has 1 heterocycles. The molecule has 0 aliphatic rings. The molecule has 1 N–H and O–H groups in total. The number of hydrogen-bond acceptors (Lipinski definition) is 4. The molecule has 22 heavy (non-hydrogen) atoms. The van der Waals surface area contributed by atoms with Gasteiger partial charge >= 0.3 is 0 Å². The first kappa shape index (κ1) is 16.6. The number of benzene rings is 1. The average Bonchev–Trinajstić information content (AvgIpc) is 2.87. The summed E-state index contributed by atoms with van der Waals surface area (Å²) in [7, 11) is 3.98. The molecule has 2 aromatic rings. The number of hydrogen-bond donors (Lipinski definition) is 1. The van der Waals surface area contributed by atoms with E-state index in [1.807, 2.05) is 44.1 Å². The van der Waals surface area contributed by atoms with E-state index >= 15 is 0 Å². The largest absolute Gasteiger partial charge is 0.350 e. The predicted octanol–water partition coefficient (Wildman–Crippen LogP) is 2.53. The summed E-state index contributed by atoms with van der Waals surface area (Å²) in [5.74, 6) is -0.0113. The lowest BCUT2D eigenvalue weighted by atomic mass is 10.1. The molecule has 0 atom stereocenters. The van der Waals surface area contributed by atoms with Crippen molar-refractivity contribution >= 4 is 17.2 Å². The summed E-state index contributed by atoms with van der Waals surface area (Å²) in [5, 5.41) is 3.98. The van der Waals surface area contributed by atoms with Gasteiger partial charge in [-0.3, -0.25) is 4.79 Å². The smallest absolute Gasteiger partial charge is 0.263 e. The molecule has 0 spiro atoms. The first-order valence-electron chi connectivity index (χ1n) is 7.49. The molecule has 4 nitrogen and oxygen atoms in total. The molecule has 1 aromatic carbocycles. The molecule has 2 rings (SSSR count). The van der Waals surface area contributed by atoms with Gasteiger partial charge in [0.05, 0.1) is 10.7 Å². The highest BCUT2D eigenvalue weighted by molar-refractivity contribution is 7.13. The van der Waals surface area contributed by atoms with Crippen LogP contribution in [0.3, 0.4) is 0 Å². The van der Waals surface area contributed by atoms with Crippen LogP contribution in [0.1, 0.15) is 25.9 Å². The lowest BCUT2D eigenvalue weighted by Gasteiger charge is -2.09. The number of nitrogens with one attached hydrogen (secondary N) is 1. The third-order valence-corrected chi connectivity index (χ3v) is 4.58.